The summed E-state index contributed by atoms with van der Waals surface area (Å²) in [6.07, 6.45) is 0.157. The average molecular weight is 374 g/mol. The van der Waals surface area contributed by atoms with Crippen LogP contribution in [0, 0.1) is 12.8 Å². The fourth-order valence-corrected chi connectivity index (χ4v) is 2.98. The van der Waals surface area contributed by atoms with E-state index >= 15 is 0 Å². The van der Waals surface area contributed by atoms with Gasteiger partial charge in [0.2, 0.25) is 11.8 Å². The van der Waals surface area contributed by atoms with Crippen LogP contribution < -0.4 is 10.1 Å². The van der Waals surface area contributed by atoms with E-state index in [4.69, 9.17) is 0 Å². The third kappa shape index (κ3) is 5.03. The molecule has 0 bridgehead atoms. The van der Waals surface area contributed by atoms with Gasteiger partial charge in [0, 0.05) is 25.2 Å². The van der Waals surface area contributed by atoms with E-state index in [1.54, 1.807) is 4.90 Å². The molecule has 0 saturated carbocycles. The number of amides is 2. The molecule has 0 spiro atoms. The molecular weight excluding hydrogens is 354 g/mol. The van der Waals surface area contributed by atoms with Crippen molar-refractivity contribution in [3.05, 3.63) is 59.7 Å². The molecule has 7 heteroatoms. The minimum Gasteiger partial charge on any atom is -0.435 e. The third-order valence-electron chi connectivity index (χ3n) is 4.43. The van der Waals surface area contributed by atoms with Crippen molar-refractivity contribution in [1.29, 1.82) is 0 Å². The Morgan fingerprint density at radius 1 is 1.19 bits per heavy atom. The molecule has 2 aromatic rings. The zero-order valence-corrected chi connectivity index (χ0v) is 14.8. The molecule has 1 atom stereocenters. The number of halogens is 2. The van der Waals surface area contributed by atoms with E-state index < -0.39 is 12.5 Å². The maximum absolute atomic E-state index is 12.4. The van der Waals surface area contributed by atoms with E-state index in [9.17, 15) is 18.4 Å². The Bertz CT molecular complexity index is 807. The molecule has 0 radical (unpaired) electrons. The molecule has 142 valence electrons. The van der Waals surface area contributed by atoms with Crippen molar-refractivity contribution in [3.63, 3.8) is 0 Å². The second-order valence-electron chi connectivity index (χ2n) is 6.55. The van der Waals surface area contributed by atoms with Crippen LogP contribution in [-0.2, 0) is 16.1 Å². The predicted octanol–water partition coefficient (Wildman–Crippen LogP) is 3.58. The molecule has 1 heterocycles. The smallest absolute Gasteiger partial charge is 0.387 e. The Kier molecular flexibility index (Phi) is 5.69. The van der Waals surface area contributed by atoms with Gasteiger partial charge in [-0.05, 0) is 36.8 Å². The highest BCUT2D eigenvalue weighted by molar-refractivity contribution is 5.97. The number of ether oxygens (including phenoxy) is 1. The lowest BCUT2D eigenvalue weighted by atomic mass is 10.1. The molecule has 2 amide bonds. The number of alkyl halides is 2. The Labute approximate surface area is 155 Å². The quantitative estimate of drug-likeness (QED) is 0.841. The number of anilines is 1. The number of hydrogen-bond donors (Lipinski definition) is 1. The van der Waals surface area contributed by atoms with Crippen molar-refractivity contribution >= 4 is 17.5 Å². The molecule has 5 nitrogen and oxygen atoms in total. The van der Waals surface area contributed by atoms with Gasteiger partial charge in [0.25, 0.3) is 0 Å². The number of benzene rings is 2. The van der Waals surface area contributed by atoms with Gasteiger partial charge in [-0.25, -0.2) is 0 Å². The number of nitrogens with zero attached hydrogens (tertiary/aromatic N) is 1. The van der Waals surface area contributed by atoms with Crippen LogP contribution in [0.4, 0.5) is 14.5 Å². The van der Waals surface area contributed by atoms with E-state index in [-0.39, 0.29) is 24.0 Å². The first-order valence-corrected chi connectivity index (χ1v) is 8.60. The summed E-state index contributed by atoms with van der Waals surface area (Å²) in [6, 6.07) is 13.6. The molecule has 0 aromatic heterocycles. The summed E-state index contributed by atoms with van der Waals surface area (Å²) in [5.41, 5.74) is 2.63. The van der Waals surface area contributed by atoms with Gasteiger partial charge in [0.15, 0.2) is 0 Å². The Hall–Kier alpha value is -2.96. The van der Waals surface area contributed by atoms with Gasteiger partial charge in [-0.3, -0.25) is 9.59 Å². The molecule has 3 rings (SSSR count). The first-order valence-electron chi connectivity index (χ1n) is 8.60. The predicted molar refractivity (Wildman–Crippen MR) is 96.4 cm³/mol. The topological polar surface area (TPSA) is 58.6 Å². The van der Waals surface area contributed by atoms with Crippen molar-refractivity contribution in [2.75, 3.05) is 11.9 Å². The average Bonchev–Trinajstić information content (AvgIpc) is 2.99. The fraction of sp³-hybridized carbons (Fsp3) is 0.300. The van der Waals surface area contributed by atoms with Crippen molar-refractivity contribution in [2.45, 2.75) is 26.5 Å². The first kappa shape index (κ1) is 18.8. The SMILES string of the molecule is Cc1ccc(CN2C[C@H](C(=O)Nc3ccc(OC(F)F)cc3)CC2=O)cc1. The molecule has 1 aliphatic heterocycles. The highest BCUT2D eigenvalue weighted by atomic mass is 19.3. The van der Waals surface area contributed by atoms with E-state index in [1.165, 1.54) is 24.3 Å². The summed E-state index contributed by atoms with van der Waals surface area (Å²) in [6.45, 7) is -0.0696. The molecule has 1 N–H and O–H groups in total. The monoisotopic (exact) mass is 374 g/mol. The molecule has 0 aliphatic carbocycles. The molecule has 27 heavy (non-hydrogen) atoms. The Morgan fingerprint density at radius 3 is 2.48 bits per heavy atom. The van der Waals surface area contributed by atoms with Gasteiger partial charge < -0.3 is 15.0 Å². The van der Waals surface area contributed by atoms with E-state index in [1.807, 2.05) is 31.2 Å². The van der Waals surface area contributed by atoms with Crippen LogP contribution in [0.1, 0.15) is 17.5 Å². The van der Waals surface area contributed by atoms with Crippen molar-refractivity contribution < 1.29 is 23.1 Å². The van der Waals surface area contributed by atoms with Gasteiger partial charge in [0.1, 0.15) is 5.75 Å². The normalized spacial score (nSPS) is 16.7. The number of aryl methyl sites for hydroxylation is 1. The van der Waals surface area contributed by atoms with Crippen LogP contribution in [0.5, 0.6) is 5.75 Å². The lowest BCUT2D eigenvalue weighted by molar-refractivity contribution is -0.128. The summed E-state index contributed by atoms with van der Waals surface area (Å²) in [5.74, 6) is -0.753. The van der Waals surface area contributed by atoms with E-state index in [2.05, 4.69) is 10.1 Å². The second kappa shape index (κ2) is 8.16. The van der Waals surface area contributed by atoms with Crippen LogP contribution in [0.3, 0.4) is 0 Å². The summed E-state index contributed by atoms with van der Waals surface area (Å²) in [7, 11) is 0. The summed E-state index contributed by atoms with van der Waals surface area (Å²) < 4.78 is 28.6. The second-order valence-corrected chi connectivity index (χ2v) is 6.55. The van der Waals surface area contributed by atoms with Gasteiger partial charge in [-0.1, -0.05) is 29.8 Å². The lowest BCUT2D eigenvalue weighted by Gasteiger charge is -2.17. The summed E-state index contributed by atoms with van der Waals surface area (Å²) in [5, 5.41) is 2.72. The van der Waals surface area contributed by atoms with Gasteiger partial charge in [-0.2, -0.15) is 8.78 Å². The van der Waals surface area contributed by atoms with Crippen molar-refractivity contribution in [1.82, 2.24) is 4.90 Å². The summed E-state index contributed by atoms with van der Waals surface area (Å²) >= 11 is 0. The number of nitrogens with one attached hydrogen (secondary N) is 1. The number of rotatable bonds is 6. The highest BCUT2D eigenvalue weighted by Gasteiger charge is 2.34. The van der Waals surface area contributed by atoms with E-state index in [0.717, 1.165) is 11.1 Å². The molecular formula is C20H20F2N2O3. The summed E-state index contributed by atoms with van der Waals surface area (Å²) in [4.78, 5) is 26.3. The molecule has 1 aliphatic rings. The molecule has 0 unspecified atom stereocenters. The molecule has 1 fully saturated rings. The minimum atomic E-state index is -2.89. The zero-order chi connectivity index (χ0) is 19.4. The number of carbonyl (C=O) groups excluding carboxylic acids is 2. The number of likely N-dealkylation sites (tertiary alicyclic amines) is 1. The van der Waals surface area contributed by atoms with Crippen LogP contribution in [-0.4, -0.2) is 29.9 Å². The van der Waals surface area contributed by atoms with Crippen LogP contribution in [0.25, 0.3) is 0 Å². The van der Waals surface area contributed by atoms with Crippen LogP contribution >= 0.6 is 0 Å². The number of carbonyl (C=O) groups is 2. The minimum absolute atomic E-state index is 0.0170. The van der Waals surface area contributed by atoms with Crippen LogP contribution in [0.15, 0.2) is 48.5 Å². The van der Waals surface area contributed by atoms with Gasteiger partial charge in [-0.15, -0.1) is 0 Å². The fourth-order valence-electron chi connectivity index (χ4n) is 2.98. The lowest BCUT2D eigenvalue weighted by Crippen LogP contribution is -2.28. The first-order chi connectivity index (χ1) is 12.9. The highest BCUT2D eigenvalue weighted by Crippen LogP contribution is 2.23. The maximum atomic E-state index is 12.4. The van der Waals surface area contributed by atoms with Crippen molar-refractivity contribution in [2.24, 2.45) is 5.92 Å². The van der Waals surface area contributed by atoms with Crippen LogP contribution in [0.2, 0.25) is 0 Å². The molecule has 1 saturated heterocycles. The van der Waals surface area contributed by atoms with Gasteiger partial charge in [0.05, 0.1) is 5.92 Å². The number of hydrogen-bond acceptors (Lipinski definition) is 3. The van der Waals surface area contributed by atoms with Gasteiger partial charge >= 0.3 is 6.61 Å². The Morgan fingerprint density at radius 2 is 1.85 bits per heavy atom. The third-order valence-corrected chi connectivity index (χ3v) is 4.43. The molecule has 2 aromatic carbocycles. The zero-order valence-electron chi connectivity index (χ0n) is 14.8. The van der Waals surface area contributed by atoms with Crippen molar-refractivity contribution in [3.8, 4) is 5.75 Å². The van der Waals surface area contributed by atoms with E-state index in [0.29, 0.717) is 18.8 Å². The standard InChI is InChI=1S/C20H20F2N2O3/c1-13-2-4-14(5-3-13)11-24-12-15(10-18(24)25)19(26)23-16-6-8-17(9-7-16)27-20(21)22/h2-9,15,20H,10-12H2,1H3,(H,23,26)/t15-/m1/s1. The Balaban J connectivity index is 1.56. The largest absolute Gasteiger partial charge is 0.435 e. The maximum Gasteiger partial charge on any atom is 0.387 e.